The van der Waals surface area contributed by atoms with Crippen LogP contribution >= 0.6 is 11.8 Å². The average molecular weight is 261 g/mol. The molecule has 0 saturated carbocycles. The van der Waals surface area contributed by atoms with E-state index in [1.165, 1.54) is 0 Å². The number of hydrogen-bond donors (Lipinski definition) is 2. The lowest BCUT2D eigenvalue weighted by molar-refractivity contribution is -0.147. The third-order valence-corrected chi connectivity index (χ3v) is 3.56. The molecule has 2 unspecified atom stereocenters. The number of amides is 1. The van der Waals surface area contributed by atoms with Crippen LogP contribution in [0, 0.1) is 0 Å². The van der Waals surface area contributed by atoms with Crippen LogP contribution in [0.15, 0.2) is 0 Å². The van der Waals surface area contributed by atoms with Gasteiger partial charge in [0.25, 0.3) is 5.91 Å². The molecule has 1 aliphatic rings. The Morgan fingerprint density at radius 2 is 2.29 bits per heavy atom. The number of carbonyl (C=O) groups excluding carboxylic acids is 1. The van der Waals surface area contributed by atoms with Crippen LogP contribution in [0.5, 0.6) is 0 Å². The molecule has 1 heterocycles. The van der Waals surface area contributed by atoms with Crippen LogP contribution < -0.4 is 5.32 Å². The second-order valence-corrected chi connectivity index (χ2v) is 5.31. The third-order valence-electron chi connectivity index (χ3n) is 2.91. The number of nitrogens with one attached hydrogen (secondary N) is 1. The number of carboxylic acid groups (broad SMARTS) is 1. The largest absolute Gasteiger partial charge is 0.480 e. The summed E-state index contributed by atoms with van der Waals surface area (Å²) < 4.78 is 5.38. The topological polar surface area (TPSA) is 75.6 Å². The third kappa shape index (κ3) is 3.89. The van der Waals surface area contributed by atoms with E-state index in [0.29, 0.717) is 25.2 Å². The highest BCUT2D eigenvalue weighted by Crippen LogP contribution is 2.25. The fourth-order valence-electron chi connectivity index (χ4n) is 1.76. The van der Waals surface area contributed by atoms with Gasteiger partial charge in [0.05, 0.1) is 0 Å². The molecule has 0 aromatic rings. The van der Waals surface area contributed by atoms with Crippen molar-refractivity contribution in [2.75, 3.05) is 18.6 Å². The van der Waals surface area contributed by atoms with Gasteiger partial charge in [0.1, 0.15) is 11.6 Å². The highest BCUT2D eigenvalue weighted by Gasteiger charge is 2.39. The van der Waals surface area contributed by atoms with Crippen LogP contribution in [0.25, 0.3) is 0 Å². The fraction of sp³-hybridized carbons (Fsp3) is 0.818. The number of hydrogen-bond acceptors (Lipinski definition) is 4. The zero-order chi connectivity index (χ0) is 12.9. The van der Waals surface area contributed by atoms with E-state index in [-0.39, 0.29) is 5.91 Å². The SMILES string of the molecule is CSCCC(NC(=O)C1(C)CCCO1)C(=O)O. The maximum atomic E-state index is 11.9. The molecule has 1 rings (SSSR count). The zero-order valence-corrected chi connectivity index (χ0v) is 11.0. The number of ether oxygens (including phenoxy) is 1. The number of aliphatic carboxylic acids is 1. The molecular weight excluding hydrogens is 242 g/mol. The van der Waals surface area contributed by atoms with Gasteiger partial charge in [0, 0.05) is 6.61 Å². The van der Waals surface area contributed by atoms with Crippen LogP contribution in [-0.4, -0.2) is 47.2 Å². The van der Waals surface area contributed by atoms with Crippen molar-refractivity contribution in [1.29, 1.82) is 0 Å². The van der Waals surface area contributed by atoms with E-state index in [1.807, 2.05) is 6.26 Å². The minimum absolute atomic E-state index is 0.316. The summed E-state index contributed by atoms with van der Waals surface area (Å²) in [6.07, 6.45) is 3.82. The minimum atomic E-state index is -0.992. The highest BCUT2D eigenvalue weighted by atomic mass is 32.2. The number of carbonyl (C=O) groups is 2. The summed E-state index contributed by atoms with van der Waals surface area (Å²) >= 11 is 1.56. The second kappa shape index (κ2) is 6.26. The summed E-state index contributed by atoms with van der Waals surface area (Å²) in [7, 11) is 0. The maximum Gasteiger partial charge on any atom is 0.326 e. The summed E-state index contributed by atoms with van der Waals surface area (Å²) in [4.78, 5) is 22.9. The number of rotatable bonds is 6. The van der Waals surface area contributed by atoms with E-state index < -0.39 is 17.6 Å². The Bertz CT molecular complexity index is 289. The zero-order valence-electron chi connectivity index (χ0n) is 10.2. The monoisotopic (exact) mass is 261 g/mol. The van der Waals surface area contributed by atoms with Gasteiger partial charge in [-0.3, -0.25) is 4.79 Å². The molecule has 17 heavy (non-hydrogen) atoms. The Morgan fingerprint density at radius 3 is 2.76 bits per heavy atom. The first kappa shape index (κ1) is 14.3. The van der Waals surface area contributed by atoms with Crippen molar-refractivity contribution in [3.63, 3.8) is 0 Å². The molecule has 2 N–H and O–H groups in total. The van der Waals surface area contributed by atoms with Crippen molar-refractivity contribution in [2.24, 2.45) is 0 Å². The molecule has 0 aromatic carbocycles. The molecular formula is C11H19NO4S. The minimum Gasteiger partial charge on any atom is -0.480 e. The van der Waals surface area contributed by atoms with Crippen molar-refractivity contribution < 1.29 is 19.4 Å². The molecule has 6 heteroatoms. The van der Waals surface area contributed by atoms with Crippen molar-refractivity contribution in [3.05, 3.63) is 0 Å². The van der Waals surface area contributed by atoms with Gasteiger partial charge in [0.15, 0.2) is 0 Å². The van der Waals surface area contributed by atoms with E-state index >= 15 is 0 Å². The molecule has 0 spiro atoms. The van der Waals surface area contributed by atoms with Crippen LogP contribution in [0.2, 0.25) is 0 Å². The van der Waals surface area contributed by atoms with Gasteiger partial charge in [-0.15, -0.1) is 0 Å². The van der Waals surface area contributed by atoms with Crippen LogP contribution in [0.4, 0.5) is 0 Å². The average Bonchev–Trinajstić information content (AvgIpc) is 2.72. The van der Waals surface area contributed by atoms with E-state index in [4.69, 9.17) is 9.84 Å². The molecule has 1 aliphatic heterocycles. The van der Waals surface area contributed by atoms with Gasteiger partial charge in [-0.05, 0) is 38.2 Å². The molecule has 98 valence electrons. The van der Waals surface area contributed by atoms with Crippen molar-refractivity contribution in [3.8, 4) is 0 Å². The molecule has 1 fully saturated rings. The van der Waals surface area contributed by atoms with Gasteiger partial charge in [0.2, 0.25) is 0 Å². The van der Waals surface area contributed by atoms with Crippen molar-refractivity contribution in [2.45, 2.75) is 37.8 Å². The lowest BCUT2D eigenvalue weighted by Gasteiger charge is -2.24. The predicted octanol–water partition coefficient (Wildman–Crippen LogP) is 0.878. The summed E-state index contributed by atoms with van der Waals surface area (Å²) in [6.45, 7) is 2.27. The molecule has 5 nitrogen and oxygen atoms in total. The summed E-state index contributed by atoms with van der Waals surface area (Å²) in [6, 6.07) is -0.823. The quantitative estimate of drug-likeness (QED) is 0.742. The van der Waals surface area contributed by atoms with E-state index in [2.05, 4.69) is 5.32 Å². The molecule has 1 saturated heterocycles. The lowest BCUT2D eigenvalue weighted by Crippen LogP contribution is -2.50. The predicted molar refractivity (Wildman–Crippen MR) is 66.2 cm³/mol. The maximum absolute atomic E-state index is 11.9. The van der Waals surface area contributed by atoms with Gasteiger partial charge < -0.3 is 15.2 Å². The van der Waals surface area contributed by atoms with Gasteiger partial charge in [-0.1, -0.05) is 0 Å². The first-order valence-electron chi connectivity index (χ1n) is 5.66. The standard InChI is InChI=1S/C11H19NO4S/c1-11(5-3-6-16-11)10(15)12-8(9(13)14)4-7-17-2/h8H,3-7H2,1-2H3,(H,12,15)(H,13,14). The van der Waals surface area contributed by atoms with Crippen LogP contribution in [0.1, 0.15) is 26.2 Å². The normalized spacial score (nSPS) is 25.5. The number of carboxylic acids is 1. The van der Waals surface area contributed by atoms with E-state index in [0.717, 1.165) is 6.42 Å². The summed E-state index contributed by atoms with van der Waals surface area (Å²) in [5.74, 6) is -0.605. The summed E-state index contributed by atoms with van der Waals surface area (Å²) in [5, 5.41) is 11.6. The Kier molecular flexibility index (Phi) is 5.27. The number of thioether (sulfide) groups is 1. The Labute approximate surface area is 105 Å². The van der Waals surface area contributed by atoms with Gasteiger partial charge in [-0.2, -0.15) is 11.8 Å². The summed E-state index contributed by atoms with van der Waals surface area (Å²) in [5.41, 5.74) is -0.854. The fourth-order valence-corrected chi connectivity index (χ4v) is 2.23. The van der Waals surface area contributed by atoms with Crippen molar-refractivity contribution >= 4 is 23.6 Å². The molecule has 2 atom stereocenters. The molecule has 0 radical (unpaired) electrons. The Morgan fingerprint density at radius 1 is 1.59 bits per heavy atom. The molecule has 1 amide bonds. The smallest absolute Gasteiger partial charge is 0.326 e. The molecule has 0 aliphatic carbocycles. The second-order valence-electron chi connectivity index (χ2n) is 4.33. The van der Waals surface area contributed by atoms with E-state index in [1.54, 1.807) is 18.7 Å². The van der Waals surface area contributed by atoms with Crippen molar-refractivity contribution in [1.82, 2.24) is 5.32 Å². The first-order chi connectivity index (χ1) is 7.99. The Hall–Kier alpha value is -0.750. The van der Waals surface area contributed by atoms with Gasteiger partial charge in [-0.25, -0.2) is 4.79 Å². The highest BCUT2D eigenvalue weighted by molar-refractivity contribution is 7.98. The molecule has 0 aromatic heterocycles. The molecule has 0 bridgehead atoms. The Balaban J connectivity index is 2.54. The lowest BCUT2D eigenvalue weighted by atomic mass is 10.0. The van der Waals surface area contributed by atoms with Crippen LogP contribution in [0.3, 0.4) is 0 Å². The first-order valence-corrected chi connectivity index (χ1v) is 7.05. The van der Waals surface area contributed by atoms with Crippen LogP contribution in [-0.2, 0) is 14.3 Å². The van der Waals surface area contributed by atoms with E-state index in [9.17, 15) is 9.59 Å². The van der Waals surface area contributed by atoms with Gasteiger partial charge >= 0.3 is 5.97 Å².